The van der Waals surface area contributed by atoms with Gasteiger partial charge in [-0.25, -0.2) is 0 Å². The first-order valence-corrected chi connectivity index (χ1v) is 6.82. The molecule has 0 aromatic heterocycles. The van der Waals surface area contributed by atoms with Gasteiger partial charge in [-0.3, -0.25) is 0 Å². The van der Waals surface area contributed by atoms with Crippen LogP contribution >= 0.6 is 11.6 Å². The predicted molar refractivity (Wildman–Crippen MR) is 77.6 cm³/mol. The van der Waals surface area contributed by atoms with Crippen LogP contribution in [-0.4, -0.2) is 19.8 Å². The van der Waals surface area contributed by atoms with E-state index in [0.29, 0.717) is 16.5 Å². The van der Waals surface area contributed by atoms with E-state index < -0.39 is 0 Å². The normalized spacial score (nSPS) is 18.4. The summed E-state index contributed by atoms with van der Waals surface area (Å²) >= 11 is 5.96. The van der Waals surface area contributed by atoms with Gasteiger partial charge in [-0.15, -0.1) is 0 Å². The molecule has 3 rings (SSSR count). The van der Waals surface area contributed by atoms with Crippen LogP contribution in [0.1, 0.15) is 11.7 Å². The molecule has 0 amide bonds. The minimum atomic E-state index is -0.133. The number of epoxide rings is 1. The van der Waals surface area contributed by atoms with Crippen LogP contribution in [0.5, 0.6) is 11.5 Å². The van der Waals surface area contributed by atoms with E-state index in [1.807, 2.05) is 36.4 Å². The Morgan fingerprint density at radius 3 is 2.55 bits per heavy atom. The van der Waals surface area contributed by atoms with E-state index in [4.69, 9.17) is 25.8 Å². The Morgan fingerprint density at radius 2 is 1.90 bits per heavy atom. The molecule has 0 spiro atoms. The van der Waals surface area contributed by atoms with Crippen molar-refractivity contribution in [2.45, 2.75) is 12.2 Å². The minimum Gasteiger partial charge on any atom is -0.493 e. The van der Waals surface area contributed by atoms with E-state index in [1.165, 1.54) is 0 Å². The third-order valence-corrected chi connectivity index (χ3v) is 3.44. The number of ether oxygens (including phenoxy) is 3. The van der Waals surface area contributed by atoms with Gasteiger partial charge in [-0.05, 0) is 17.7 Å². The molecule has 1 saturated heterocycles. The highest BCUT2D eigenvalue weighted by Crippen LogP contribution is 2.37. The van der Waals surface area contributed by atoms with Crippen LogP contribution in [0.2, 0.25) is 5.02 Å². The maximum Gasteiger partial charge on any atom is 0.162 e. The Morgan fingerprint density at radius 1 is 1.15 bits per heavy atom. The van der Waals surface area contributed by atoms with Gasteiger partial charge in [0, 0.05) is 11.1 Å². The average Bonchev–Trinajstić information content (AvgIpc) is 3.31. The zero-order chi connectivity index (χ0) is 13.9. The molecule has 3 nitrogen and oxygen atoms in total. The number of hydrogen-bond donors (Lipinski definition) is 0. The third-order valence-electron chi connectivity index (χ3n) is 3.20. The first kappa shape index (κ1) is 13.3. The van der Waals surface area contributed by atoms with Crippen LogP contribution in [0.15, 0.2) is 48.5 Å². The zero-order valence-electron chi connectivity index (χ0n) is 11.1. The van der Waals surface area contributed by atoms with Crippen molar-refractivity contribution >= 4 is 11.6 Å². The molecule has 1 aliphatic heterocycles. The molecule has 0 radical (unpaired) electrons. The van der Waals surface area contributed by atoms with Gasteiger partial charge >= 0.3 is 0 Å². The van der Waals surface area contributed by atoms with Crippen LogP contribution in [0, 0.1) is 0 Å². The van der Waals surface area contributed by atoms with Crippen LogP contribution in [0.4, 0.5) is 0 Å². The number of benzene rings is 2. The van der Waals surface area contributed by atoms with Gasteiger partial charge < -0.3 is 14.2 Å². The highest BCUT2D eigenvalue weighted by molar-refractivity contribution is 6.30. The zero-order valence-corrected chi connectivity index (χ0v) is 11.8. The van der Waals surface area contributed by atoms with Crippen LogP contribution < -0.4 is 9.47 Å². The lowest BCUT2D eigenvalue weighted by Crippen LogP contribution is -2.14. The summed E-state index contributed by atoms with van der Waals surface area (Å²) in [6, 6.07) is 15.4. The van der Waals surface area contributed by atoms with Gasteiger partial charge in [0.2, 0.25) is 0 Å². The molecule has 104 valence electrons. The first-order chi connectivity index (χ1) is 9.78. The molecule has 1 fully saturated rings. The predicted octanol–water partition coefficient (Wildman–Crippen LogP) is 3.87. The smallest absolute Gasteiger partial charge is 0.162 e. The first-order valence-electron chi connectivity index (χ1n) is 6.44. The van der Waals surface area contributed by atoms with Crippen molar-refractivity contribution < 1.29 is 14.2 Å². The molecule has 20 heavy (non-hydrogen) atoms. The van der Waals surface area contributed by atoms with Gasteiger partial charge in [0.25, 0.3) is 0 Å². The van der Waals surface area contributed by atoms with Crippen molar-refractivity contribution in [1.29, 1.82) is 0 Å². The molecule has 1 heterocycles. The minimum absolute atomic E-state index is 0.0952. The molecule has 2 atom stereocenters. The SMILES string of the molecule is COc1cc(Cl)ccc1O[C@H](c1ccccc1)[C@H]1CO1. The number of hydrogen-bond acceptors (Lipinski definition) is 3. The van der Waals surface area contributed by atoms with Gasteiger partial charge in [0.05, 0.1) is 13.7 Å². The molecule has 0 bridgehead atoms. The quantitative estimate of drug-likeness (QED) is 0.783. The molecular formula is C16H15ClO3. The summed E-state index contributed by atoms with van der Waals surface area (Å²) < 4.78 is 16.8. The number of methoxy groups -OCH3 is 1. The Labute approximate surface area is 123 Å². The van der Waals surface area contributed by atoms with Gasteiger partial charge in [-0.1, -0.05) is 41.9 Å². The second-order valence-electron chi connectivity index (χ2n) is 4.62. The Kier molecular flexibility index (Phi) is 3.81. The van der Waals surface area contributed by atoms with Crippen molar-refractivity contribution in [1.82, 2.24) is 0 Å². The summed E-state index contributed by atoms with van der Waals surface area (Å²) in [7, 11) is 1.60. The lowest BCUT2D eigenvalue weighted by atomic mass is 10.1. The highest BCUT2D eigenvalue weighted by Gasteiger charge is 2.36. The summed E-state index contributed by atoms with van der Waals surface area (Å²) in [6.45, 7) is 0.718. The lowest BCUT2D eigenvalue weighted by Gasteiger charge is -2.19. The van der Waals surface area contributed by atoms with Crippen LogP contribution in [0.25, 0.3) is 0 Å². The number of rotatable bonds is 5. The molecule has 2 aromatic carbocycles. The molecule has 0 saturated carbocycles. The van der Waals surface area contributed by atoms with Crippen molar-refractivity contribution in [3.05, 3.63) is 59.1 Å². The van der Waals surface area contributed by atoms with E-state index in [9.17, 15) is 0 Å². The molecule has 0 N–H and O–H groups in total. The second-order valence-corrected chi connectivity index (χ2v) is 5.05. The molecular weight excluding hydrogens is 276 g/mol. The largest absolute Gasteiger partial charge is 0.493 e. The second kappa shape index (κ2) is 5.73. The van der Waals surface area contributed by atoms with E-state index in [1.54, 1.807) is 19.2 Å². The van der Waals surface area contributed by atoms with Gasteiger partial charge in [0.1, 0.15) is 6.10 Å². The fourth-order valence-electron chi connectivity index (χ4n) is 2.11. The summed E-state index contributed by atoms with van der Waals surface area (Å²) in [4.78, 5) is 0. The van der Waals surface area contributed by atoms with E-state index in [-0.39, 0.29) is 12.2 Å². The highest BCUT2D eigenvalue weighted by atomic mass is 35.5. The number of halogens is 1. The maximum absolute atomic E-state index is 6.09. The molecule has 1 aliphatic rings. The van der Waals surface area contributed by atoms with Crippen LogP contribution in [0.3, 0.4) is 0 Å². The monoisotopic (exact) mass is 290 g/mol. The average molecular weight is 291 g/mol. The van der Waals surface area contributed by atoms with Crippen LogP contribution in [-0.2, 0) is 4.74 Å². The Hall–Kier alpha value is -1.71. The maximum atomic E-state index is 6.09. The van der Waals surface area contributed by atoms with Crippen molar-refractivity contribution in [3.63, 3.8) is 0 Å². The summed E-state index contributed by atoms with van der Waals surface area (Å²) in [5.41, 5.74) is 1.09. The molecule has 0 unspecified atom stereocenters. The lowest BCUT2D eigenvalue weighted by molar-refractivity contribution is 0.156. The summed E-state index contributed by atoms with van der Waals surface area (Å²) in [6.07, 6.45) is -0.0379. The van der Waals surface area contributed by atoms with E-state index in [0.717, 1.165) is 12.2 Å². The standard InChI is InChI=1S/C16H15ClO3/c1-18-14-9-12(17)7-8-13(14)20-16(15-10-19-15)11-5-3-2-4-6-11/h2-9,15-16H,10H2,1H3/t15-,16-/m1/s1. The van der Waals surface area contributed by atoms with Crippen molar-refractivity contribution in [2.75, 3.05) is 13.7 Å². The van der Waals surface area contributed by atoms with Gasteiger partial charge in [-0.2, -0.15) is 0 Å². The Bertz CT molecular complexity index is 582. The molecule has 4 heteroatoms. The summed E-state index contributed by atoms with van der Waals surface area (Å²) in [5, 5.41) is 0.619. The van der Waals surface area contributed by atoms with E-state index in [2.05, 4.69) is 0 Å². The van der Waals surface area contributed by atoms with Crippen molar-refractivity contribution in [3.8, 4) is 11.5 Å². The molecule has 0 aliphatic carbocycles. The fraction of sp³-hybridized carbons (Fsp3) is 0.250. The topological polar surface area (TPSA) is 31.0 Å². The van der Waals surface area contributed by atoms with Gasteiger partial charge in [0.15, 0.2) is 17.6 Å². The van der Waals surface area contributed by atoms with E-state index >= 15 is 0 Å². The fourth-order valence-corrected chi connectivity index (χ4v) is 2.27. The van der Waals surface area contributed by atoms with Crippen molar-refractivity contribution in [2.24, 2.45) is 0 Å². The Balaban J connectivity index is 1.87. The summed E-state index contributed by atoms with van der Waals surface area (Å²) in [5.74, 6) is 1.29. The molecule has 2 aromatic rings. The third kappa shape index (κ3) is 2.89.